The molecular formula is C9H9FN2. The molecular weight excluding hydrogens is 155 g/mol. The number of fused-ring (bicyclic) bond motifs is 1. The second kappa shape index (κ2) is 2.52. The third kappa shape index (κ3) is 0.863. The summed E-state index contributed by atoms with van der Waals surface area (Å²) in [7, 11) is 1.82. The van der Waals surface area contributed by atoms with Crippen molar-refractivity contribution in [3.05, 3.63) is 30.2 Å². The van der Waals surface area contributed by atoms with E-state index >= 15 is 0 Å². The summed E-state index contributed by atoms with van der Waals surface area (Å²) in [5.41, 5.74) is 1.49. The van der Waals surface area contributed by atoms with Crippen LogP contribution >= 0.6 is 0 Å². The molecule has 2 N–H and O–H groups in total. The molecule has 0 saturated heterocycles. The van der Waals surface area contributed by atoms with Crippen molar-refractivity contribution in [2.45, 2.75) is 0 Å². The summed E-state index contributed by atoms with van der Waals surface area (Å²) in [6.45, 7) is 0. The molecule has 2 rings (SSSR count). The highest BCUT2D eigenvalue weighted by molar-refractivity contribution is 5.92. The molecule has 3 heteroatoms. The fraction of sp³-hybridized carbons (Fsp3) is 0.111. The minimum absolute atomic E-state index is 0.214. The van der Waals surface area contributed by atoms with Crippen LogP contribution in [-0.2, 0) is 0 Å². The Morgan fingerprint density at radius 2 is 2.17 bits per heavy atom. The smallest absolute Gasteiger partial charge is 0.147 e. The van der Waals surface area contributed by atoms with Gasteiger partial charge in [0, 0.05) is 24.3 Å². The van der Waals surface area contributed by atoms with Gasteiger partial charge in [-0.3, -0.25) is 0 Å². The van der Waals surface area contributed by atoms with Crippen molar-refractivity contribution < 1.29 is 4.39 Å². The Labute approximate surface area is 69.4 Å². The van der Waals surface area contributed by atoms with Gasteiger partial charge < -0.3 is 10.3 Å². The molecule has 0 radical (unpaired) electrons. The molecule has 0 aliphatic rings. The molecule has 1 heterocycles. The Hall–Kier alpha value is -1.51. The molecule has 0 bridgehead atoms. The lowest BCUT2D eigenvalue weighted by molar-refractivity contribution is 0.637. The Balaban J connectivity index is 2.82. The van der Waals surface area contributed by atoms with Crippen molar-refractivity contribution >= 4 is 16.6 Å². The zero-order valence-corrected chi connectivity index (χ0v) is 6.69. The van der Waals surface area contributed by atoms with Gasteiger partial charge in [0.2, 0.25) is 0 Å². The van der Waals surface area contributed by atoms with Gasteiger partial charge in [-0.1, -0.05) is 0 Å². The molecule has 0 aliphatic carbocycles. The first-order valence-corrected chi connectivity index (χ1v) is 3.76. The molecule has 1 aromatic carbocycles. The molecule has 2 nitrogen and oxygen atoms in total. The molecule has 1 aromatic heterocycles. The van der Waals surface area contributed by atoms with Gasteiger partial charge in [0.1, 0.15) is 5.82 Å². The Morgan fingerprint density at radius 3 is 2.92 bits per heavy atom. The van der Waals surface area contributed by atoms with E-state index in [1.165, 1.54) is 6.07 Å². The highest BCUT2D eigenvalue weighted by atomic mass is 19.1. The monoisotopic (exact) mass is 164 g/mol. The van der Waals surface area contributed by atoms with Gasteiger partial charge >= 0.3 is 0 Å². The van der Waals surface area contributed by atoms with Crippen LogP contribution in [0, 0.1) is 5.82 Å². The van der Waals surface area contributed by atoms with Crippen LogP contribution in [0.5, 0.6) is 0 Å². The molecule has 0 atom stereocenters. The van der Waals surface area contributed by atoms with Crippen molar-refractivity contribution in [3.63, 3.8) is 0 Å². The predicted octanol–water partition coefficient (Wildman–Crippen LogP) is 2.35. The molecule has 0 unspecified atom stereocenters. The summed E-state index contributed by atoms with van der Waals surface area (Å²) in [6, 6.07) is 5.03. The molecule has 0 amide bonds. The number of halogens is 1. The predicted molar refractivity (Wildman–Crippen MR) is 47.8 cm³/mol. The third-order valence-electron chi connectivity index (χ3n) is 1.94. The van der Waals surface area contributed by atoms with E-state index in [1.54, 1.807) is 12.3 Å². The normalized spacial score (nSPS) is 10.5. The number of hydrogen-bond acceptors (Lipinski definition) is 1. The van der Waals surface area contributed by atoms with E-state index in [2.05, 4.69) is 10.3 Å². The lowest BCUT2D eigenvalue weighted by Crippen LogP contribution is -1.89. The highest BCUT2D eigenvalue weighted by Gasteiger charge is 2.04. The van der Waals surface area contributed by atoms with Crippen LogP contribution in [0.3, 0.4) is 0 Å². The van der Waals surface area contributed by atoms with Crippen molar-refractivity contribution in [1.29, 1.82) is 0 Å². The SMILES string of the molecule is CNc1ccc(F)c2[nH]ccc12. The fourth-order valence-corrected chi connectivity index (χ4v) is 1.34. The van der Waals surface area contributed by atoms with Gasteiger partial charge in [-0.15, -0.1) is 0 Å². The molecule has 0 saturated carbocycles. The van der Waals surface area contributed by atoms with Crippen LogP contribution in [0.1, 0.15) is 0 Å². The quantitative estimate of drug-likeness (QED) is 0.665. The van der Waals surface area contributed by atoms with E-state index in [0.717, 1.165) is 11.1 Å². The first-order chi connectivity index (χ1) is 5.83. The molecule has 62 valence electrons. The summed E-state index contributed by atoms with van der Waals surface area (Å²) < 4.78 is 13.1. The number of nitrogens with one attached hydrogen (secondary N) is 2. The van der Waals surface area contributed by atoms with Crippen LogP contribution < -0.4 is 5.32 Å². The first-order valence-electron chi connectivity index (χ1n) is 3.76. The molecule has 0 fully saturated rings. The first kappa shape index (κ1) is 7.16. The van der Waals surface area contributed by atoms with Gasteiger partial charge in [-0.25, -0.2) is 4.39 Å². The highest BCUT2D eigenvalue weighted by Crippen LogP contribution is 2.23. The number of benzene rings is 1. The van der Waals surface area contributed by atoms with Gasteiger partial charge in [0.15, 0.2) is 0 Å². The lowest BCUT2D eigenvalue weighted by atomic mass is 10.2. The van der Waals surface area contributed by atoms with Crippen LogP contribution in [-0.4, -0.2) is 12.0 Å². The zero-order valence-electron chi connectivity index (χ0n) is 6.69. The van der Waals surface area contributed by atoms with E-state index in [-0.39, 0.29) is 5.82 Å². The average Bonchev–Trinajstić information content (AvgIpc) is 2.54. The van der Waals surface area contributed by atoms with Crippen LogP contribution in [0.4, 0.5) is 10.1 Å². The maximum atomic E-state index is 13.1. The number of aromatic nitrogens is 1. The zero-order chi connectivity index (χ0) is 8.55. The Kier molecular flexibility index (Phi) is 1.50. The molecule has 0 spiro atoms. The molecule has 0 aliphatic heterocycles. The standard InChI is InChI=1S/C9H9FN2/c1-11-8-3-2-7(10)9-6(8)4-5-12-9/h2-5,11-12H,1H3. The summed E-state index contributed by atoms with van der Waals surface area (Å²) in [6.07, 6.45) is 1.73. The summed E-state index contributed by atoms with van der Waals surface area (Å²) in [5, 5.41) is 3.88. The Bertz CT molecular complexity index is 406. The van der Waals surface area contributed by atoms with Gasteiger partial charge in [0.05, 0.1) is 5.52 Å². The average molecular weight is 164 g/mol. The van der Waals surface area contributed by atoms with Crippen molar-refractivity contribution in [2.24, 2.45) is 0 Å². The van der Waals surface area contributed by atoms with E-state index in [0.29, 0.717) is 5.52 Å². The minimum atomic E-state index is -0.214. The van der Waals surface area contributed by atoms with E-state index in [1.807, 2.05) is 13.1 Å². The molecule has 2 aromatic rings. The number of rotatable bonds is 1. The second-order valence-corrected chi connectivity index (χ2v) is 2.61. The summed E-state index contributed by atoms with van der Waals surface area (Å²) in [5.74, 6) is -0.214. The van der Waals surface area contributed by atoms with Crippen molar-refractivity contribution in [2.75, 3.05) is 12.4 Å². The van der Waals surface area contributed by atoms with Gasteiger partial charge in [0.25, 0.3) is 0 Å². The number of anilines is 1. The van der Waals surface area contributed by atoms with Gasteiger partial charge in [-0.05, 0) is 18.2 Å². The summed E-state index contributed by atoms with van der Waals surface area (Å²) >= 11 is 0. The fourth-order valence-electron chi connectivity index (χ4n) is 1.34. The van der Waals surface area contributed by atoms with E-state index in [4.69, 9.17) is 0 Å². The minimum Gasteiger partial charge on any atom is -0.388 e. The van der Waals surface area contributed by atoms with Crippen LogP contribution in [0.2, 0.25) is 0 Å². The molecule has 12 heavy (non-hydrogen) atoms. The second-order valence-electron chi connectivity index (χ2n) is 2.61. The van der Waals surface area contributed by atoms with Crippen LogP contribution in [0.25, 0.3) is 10.9 Å². The number of H-pyrrole nitrogens is 1. The maximum absolute atomic E-state index is 13.1. The number of hydrogen-bond donors (Lipinski definition) is 2. The maximum Gasteiger partial charge on any atom is 0.147 e. The van der Waals surface area contributed by atoms with Gasteiger partial charge in [-0.2, -0.15) is 0 Å². The topological polar surface area (TPSA) is 27.8 Å². The third-order valence-corrected chi connectivity index (χ3v) is 1.94. The van der Waals surface area contributed by atoms with Crippen LogP contribution in [0.15, 0.2) is 24.4 Å². The summed E-state index contributed by atoms with van der Waals surface area (Å²) in [4.78, 5) is 2.85. The Morgan fingerprint density at radius 1 is 1.33 bits per heavy atom. The van der Waals surface area contributed by atoms with E-state index < -0.39 is 0 Å². The van der Waals surface area contributed by atoms with E-state index in [9.17, 15) is 4.39 Å². The largest absolute Gasteiger partial charge is 0.388 e. The number of aromatic amines is 1. The lowest BCUT2D eigenvalue weighted by Gasteiger charge is -2.01. The van der Waals surface area contributed by atoms with Crippen molar-refractivity contribution in [1.82, 2.24) is 4.98 Å². The van der Waals surface area contributed by atoms with Crippen molar-refractivity contribution in [3.8, 4) is 0 Å².